The summed E-state index contributed by atoms with van der Waals surface area (Å²) in [6.07, 6.45) is 0. The van der Waals surface area contributed by atoms with E-state index in [0.717, 1.165) is 0 Å². The molecule has 0 heterocycles. The van der Waals surface area contributed by atoms with Gasteiger partial charge in [0.1, 0.15) is 17.3 Å². The summed E-state index contributed by atoms with van der Waals surface area (Å²) < 4.78 is 24.0. The molecule has 0 bridgehead atoms. The van der Waals surface area contributed by atoms with Crippen LogP contribution in [0.4, 0.5) is 15.8 Å². The first kappa shape index (κ1) is 17.3. The Bertz CT molecular complexity index is 740. The van der Waals surface area contributed by atoms with Crippen LogP contribution >= 0.6 is 23.8 Å². The molecule has 2 aromatic carbocycles. The van der Waals surface area contributed by atoms with Crippen LogP contribution in [0.3, 0.4) is 0 Å². The van der Waals surface area contributed by atoms with Gasteiger partial charge in [0.25, 0.3) is 0 Å². The van der Waals surface area contributed by atoms with Gasteiger partial charge >= 0.3 is 0 Å². The molecule has 0 aliphatic carbocycles. The lowest BCUT2D eigenvalue weighted by Gasteiger charge is -2.15. The average Bonchev–Trinajstić information content (AvgIpc) is 2.52. The fraction of sp³-hybridized carbons (Fsp3) is 0.188. The first-order chi connectivity index (χ1) is 10.9. The van der Waals surface area contributed by atoms with E-state index in [-0.39, 0.29) is 10.9 Å². The van der Waals surface area contributed by atoms with Crippen molar-refractivity contribution >= 4 is 40.3 Å². The Morgan fingerprint density at radius 1 is 1.09 bits per heavy atom. The molecule has 0 amide bonds. The molecule has 0 saturated heterocycles. The van der Waals surface area contributed by atoms with Gasteiger partial charge in [0, 0.05) is 17.8 Å². The third-order valence-corrected chi connectivity index (χ3v) is 3.65. The van der Waals surface area contributed by atoms with Crippen LogP contribution in [-0.4, -0.2) is 19.3 Å². The fourth-order valence-electron chi connectivity index (χ4n) is 1.91. The zero-order valence-corrected chi connectivity index (χ0v) is 14.4. The molecule has 2 rings (SSSR count). The monoisotopic (exact) mass is 354 g/mol. The topological polar surface area (TPSA) is 42.5 Å². The highest BCUT2D eigenvalue weighted by atomic mass is 35.5. The number of methoxy groups -OCH3 is 2. The lowest BCUT2D eigenvalue weighted by molar-refractivity contribution is 0.405. The fourth-order valence-corrected chi connectivity index (χ4v) is 2.37. The molecular weight excluding hydrogens is 339 g/mol. The maximum atomic E-state index is 13.6. The predicted molar refractivity (Wildman–Crippen MR) is 95.5 cm³/mol. The molecule has 0 aliphatic rings. The summed E-state index contributed by atoms with van der Waals surface area (Å²) in [6, 6.07) is 8.09. The molecule has 0 spiro atoms. The Kier molecular flexibility index (Phi) is 5.63. The molecule has 4 nitrogen and oxygen atoms in total. The summed E-state index contributed by atoms with van der Waals surface area (Å²) in [6.45, 7) is 1.69. The lowest BCUT2D eigenvalue weighted by Crippen LogP contribution is -2.19. The highest BCUT2D eigenvalue weighted by Gasteiger charge is 2.11. The summed E-state index contributed by atoms with van der Waals surface area (Å²) in [5.74, 6) is 0.692. The van der Waals surface area contributed by atoms with Gasteiger partial charge in [0.15, 0.2) is 5.11 Å². The first-order valence-electron chi connectivity index (χ1n) is 6.70. The van der Waals surface area contributed by atoms with Crippen molar-refractivity contribution in [2.75, 3.05) is 24.9 Å². The number of halogens is 2. The van der Waals surface area contributed by atoms with E-state index in [0.29, 0.717) is 33.5 Å². The van der Waals surface area contributed by atoms with Crippen LogP contribution in [0.25, 0.3) is 0 Å². The minimum Gasteiger partial charge on any atom is -0.495 e. The molecule has 7 heteroatoms. The standard InChI is InChI=1S/C16H16ClFN2O2S/c1-9-4-5-10(6-12(9)18)19-16(23)20-13-8-14(21-2)11(17)7-15(13)22-3/h4-8H,1-3H3,(H2,19,20,23). The molecule has 23 heavy (non-hydrogen) atoms. The number of hydrogen-bond acceptors (Lipinski definition) is 3. The average molecular weight is 355 g/mol. The summed E-state index contributed by atoms with van der Waals surface area (Å²) >= 11 is 11.3. The minimum atomic E-state index is -0.302. The zero-order valence-electron chi connectivity index (χ0n) is 12.9. The number of anilines is 2. The molecule has 0 saturated carbocycles. The molecular formula is C16H16ClFN2O2S. The smallest absolute Gasteiger partial charge is 0.175 e. The van der Waals surface area contributed by atoms with Crippen LogP contribution in [0.15, 0.2) is 30.3 Å². The maximum Gasteiger partial charge on any atom is 0.175 e. The Morgan fingerprint density at radius 3 is 2.39 bits per heavy atom. The third kappa shape index (κ3) is 4.24. The second kappa shape index (κ2) is 7.48. The predicted octanol–water partition coefficient (Wildman–Crippen LogP) is 4.61. The van der Waals surface area contributed by atoms with Gasteiger partial charge in [-0.15, -0.1) is 0 Å². The van der Waals surface area contributed by atoms with Gasteiger partial charge in [-0.3, -0.25) is 0 Å². The number of nitrogens with one attached hydrogen (secondary N) is 2. The lowest BCUT2D eigenvalue weighted by atomic mass is 10.2. The van der Waals surface area contributed by atoms with E-state index >= 15 is 0 Å². The molecule has 2 N–H and O–H groups in total. The third-order valence-electron chi connectivity index (χ3n) is 3.15. The molecule has 0 fully saturated rings. The molecule has 0 aliphatic heterocycles. The van der Waals surface area contributed by atoms with Crippen LogP contribution in [0.2, 0.25) is 5.02 Å². The maximum absolute atomic E-state index is 13.6. The SMILES string of the molecule is COc1cc(NC(=S)Nc2ccc(C)c(F)c2)c(OC)cc1Cl. The number of thiocarbonyl (C=S) groups is 1. The van der Waals surface area contributed by atoms with Gasteiger partial charge in [-0.1, -0.05) is 17.7 Å². The highest BCUT2D eigenvalue weighted by Crippen LogP contribution is 2.35. The van der Waals surface area contributed by atoms with Crippen molar-refractivity contribution in [2.24, 2.45) is 0 Å². The Balaban J connectivity index is 2.17. The molecule has 2 aromatic rings. The summed E-state index contributed by atoms with van der Waals surface area (Å²) in [4.78, 5) is 0. The van der Waals surface area contributed by atoms with Gasteiger partial charge in [0.05, 0.1) is 24.9 Å². The summed E-state index contributed by atoms with van der Waals surface area (Å²) in [5.41, 5.74) is 1.70. The van der Waals surface area contributed by atoms with Gasteiger partial charge in [0.2, 0.25) is 0 Å². The van der Waals surface area contributed by atoms with E-state index in [1.54, 1.807) is 31.2 Å². The van der Waals surface area contributed by atoms with Crippen molar-refractivity contribution in [3.8, 4) is 11.5 Å². The second-order valence-electron chi connectivity index (χ2n) is 4.73. The number of hydrogen-bond donors (Lipinski definition) is 2. The first-order valence-corrected chi connectivity index (χ1v) is 7.49. The Labute approximate surface area is 144 Å². The number of rotatable bonds is 4. The van der Waals surface area contributed by atoms with E-state index in [1.165, 1.54) is 20.3 Å². The van der Waals surface area contributed by atoms with E-state index in [1.807, 2.05) is 0 Å². The molecule has 0 unspecified atom stereocenters. The van der Waals surface area contributed by atoms with Crippen LogP contribution in [0.1, 0.15) is 5.56 Å². The van der Waals surface area contributed by atoms with Gasteiger partial charge < -0.3 is 20.1 Å². The van der Waals surface area contributed by atoms with Crippen LogP contribution in [0.5, 0.6) is 11.5 Å². The highest BCUT2D eigenvalue weighted by molar-refractivity contribution is 7.80. The number of ether oxygens (including phenoxy) is 2. The van der Waals surface area contributed by atoms with Crippen LogP contribution in [-0.2, 0) is 0 Å². The van der Waals surface area contributed by atoms with Crippen LogP contribution < -0.4 is 20.1 Å². The van der Waals surface area contributed by atoms with Gasteiger partial charge in [-0.2, -0.15) is 0 Å². The number of aryl methyl sites for hydroxylation is 1. The second-order valence-corrected chi connectivity index (χ2v) is 5.55. The van der Waals surface area contributed by atoms with Crippen molar-refractivity contribution in [1.82, 2.24) is 0 Å². The van der Waals surface area contributed by atoms with Crippen molar-refractivity contribution in [1.29, 1.82) is 0 Å². The molecule has 0 atom stereocenters. The van der Waals surface area contributed by atoms with E-state index in [2.05, 4.69) is 10.6 Å². The van der Waals surface area contributed by atoms with Gasteiger partial charge in [-0.25, -0.2) is 4.39 Å². The Hall–Kier alpha value is -2.05. The normalized spacial score (nSPS) is 10.1. The van der Waals surface area contributed by atoms with Crippen molar-refractivity contribution in [3.63, 3.8) is 0 Å². The van der Waals surface area contributed by atoms with E-state index in [9.17, 15) is 4.39 Å². The van der Waals surface area contributed by atoms with E-state index in [4.69, 9.17) is 33.3 Å². The zero-order chi connectivity index (χ0) is 17.0. The van der Waals surface area contributed by atoms with Crippen molar-refractivity contribution in [3.05, 3.63) is 46.7 Å². The Morgan fingerprint density at radius 2 is 1.78 bits per heavy atom. The minimum absolute atomic E-state index is 0.288. The molecule has 0 radical (unpaired) electrons. The molecule has 0 aromatic heterocycles. The summed E-state index contributed by atoms with van der Waals surface area (Å²) in [7, 11) is 3.04. The number of benzene rings is 2. The summed E-state index contributed by atoms with van der Waals surface area (Å²) in [5, 5.41) is 6.61. The van der Waals surface area contributed by atoms with Gasteiger partial charge in [-0.05, 0) is 36.8 Å². The van der Waals surface area contributed by atoms with Crippen LogP contribution in [0, 0.1) is 12.7 Å². The quantitative estimate of drug-likeness (QED) is 0.784. The molecule has 122 valence electrons. The van der Waals surface area contributed by atoms with E-state index < -0.39 is 0 Å². The van der Waals surface area contributed by atoms with Crippen molar-refractivity contribution in [2.45, 2.75) is 6.92 Å². The van der Waals surface area contributed by atoms with Crippen molar-refractivity contribution < 1.29 is 13.9 Å². The largest absolute Gasteiger partial charge is 0.495 e.